The average Bonchev–Trinajstić information content (AvgIpc) is 2.63. The van der Waals surface area contributed by atoms with E-state index in [1.54, 1.807) is 27.2 Å². The molecule has 0 saturated heterocycles. The van der Waals surface area contributed by atoms with Crippen molar-refractivity contribution >= 4 is 6.03 Å². The number of urea groups is 1. The van der Waals surface area contributed by atoms with Crippen molar-refractivity contribution in [1.29, 1.82) is 0 Å². The molecule has 140 valence electrons. The first-order chi connectivity index (χ1) is 12.4. The Morgan fingerprint density at radius 1 is 1.04 bits per heavy atom. The number of halogens is 2. The predicted octanol–water partition coefficient (Wildman–Crippen LogP) is 3.58. The lowest BCUT2D eigenvalue weighted by atomic mass is 10.1. The molecule has 0 unspecified atom stereocenters. The second-order valence-electron chi connectivity index (χ2n) is 5.73. The number of nitrogens with one attached hydrogen (secondary N) is 2. The standard InChI is InChI=1S/C19H22F2N2O3/c1-12(14-5-6-15(20)16(21)11-14)23-19(24)22-9-8-13-4-7-17(25-2)18(10-13)26-3/h4-7,10-12H,8-9H2,1-3H3,(H2,22,23,24)/t12-/m1/s1. The van der Waals surface area contributed by atoms with Gasteiger partial charge in [-0.1, -0.05) is 12.1 Å². The maximum absolute atomic E-state index is 13.3. The fourth-order valence-electron chi connectivity index (χ4n) is 2.47. The third-order valence-corrected chi connectivity index (χ3v) is 3.94. The molecule has 0 bridgehead atoms. The smallest absolute Gasteiger partial charge is 0.315 e. The molecule has 0 fully saturated rings. The number of benzene rings is 2. The quantitative estimate of drug-likeness (QED) is 0.789. The molecule has 26 heavy (non-hydrogen) atoms. The molecule has 0 radical (unpaired) electrons. The van der Waals surface area contributed by atoms with Crippen molar-refractivity contribution in [2.75, 3.05) is 20.8 Å². The topological polar surface area (TPSA) is 59.6 Å². The molecule has 0 heterocycles. The fourth-order valence-corrected chi connectivity index (χ4v) is 2.47. The van der Waals surface area contributed by atoms with Crippen molar-refractivity contribution in [2.24, 2.45) is 0 Å². The highest BCUT2D eigenvalue weighted by Gasteiger charge is 2.12. The predicted molar refractivity (Wildman–Crippen MR) is 94.6 cm³/mol. The van der Waals surface area contributed by atoms with Gasteiger partial charge in [-0.3, -0.25) is 0 Å². The Labute approximate surface area is 151 Å². The largest absolute Gasteiger partial charge is 0.493 e. The minimum Gasteiger partial charge on any atom is -0.493 e. The first-order valence-electron chi connectivity index (χ1n) is 8.14. The summed E-state index contributed by atoms with van der Waals surface area (Å²) in [5, 5.41) is 5.42. The highest BCUT2D eigenvalue weighted by Crippen LogP contribution is 2.27. The molecule has 2 aromatic rings. The lowest BCUT2D eigenvalue weighted by molar-refractivity contribution is 0.238. The average molecular weight is 364 g/mol. The van der Waals surface area contributed by atoms with Gasteiger partial charge in [0.2, 0.25) is 0 Å². The Bertz CT molecular complexity index is 768. The number of hydrogen-bond acceptors (Lipinski definition) is 3. The van der Waals surface area contributed by atoms with Crippen LogP contribution in [0, 0.1) is 11.6 Å². The third kappa shape index (κ3) is 5.08. The Hall–Kier alpha value is -2.83. The molecule has 0 aromatic heterocycles. The van der Waals surface area contributed by atoms with Gasteiger partial charge in [-0.05, 0) is 48.7 Å². The van der Waals surface area contributed by atoms with Gasteiger partial charge in [-0.2, -0.15) is 0 Å². The van der Waals surface area contributed by atoms with Crippen molar-refractivity contribution in [2.45, 2.75) is 19.4 Å². The molecule has 0 spiro atoms. The van der Waals surface area contributed by atoms with Gasteiger partial charge in [0.1, 0.15) is 0 Å². The van der Waals surface area contributed by atoms with Crippen LogP contribution in [-0.2, 0) is 6.42 Å². The van der Waals surface area contributed by atoms with Gasteiger partial charge in [0, 0.05) is 6.54 Å². The summed E-state index contributed by atoms with van der Waals surface area (Å²) in [5.74, 6) is -0.589. The van der Waals surface area contributed by atoms with Crippen LogP contribution in [0.5, 0.6) is 11.5 Å². The molecule has 0 saturated carbocycles. The zero-order chi connectivity index (χ0) is 19.1. The summed E-state index contributed by atoms with van der Waals surface area (Å²) in [7, 11) is 3.13. The summed E-state index contributed by atoms with van der Waals surface area (Å²) in [6, 6.07) is 8.26. The highest BCUT2D eigenvalue weighted by molar-refractivity contribution is 5.74. The number of amides is 2. The molecule has 0 aliphatic heterocycles. The Balaban J connectivity index is 1.84. The molecule has 0 aliphatic carbocycles. The van der Waals surface area contributed by atoms with Crippen LogP contribution in [0.2, 0.25) is 0 Å². The summed E-state index contributed by atoms with van der Waals surface area (Å²) in [5.41, 5.74) is 1.47. The van der Waals surface area contributed by atoms with E-state index in [2.05, 4.69) is 10.6 Å². The van der Waals surface area contributed by atoms with Gasteiger partial charge in [0.05, 0.1) is 20.3 Å². The van der Waals surface area contributed by atoms with Crippen LogP contribution in [0.3, 0.4) is 0 Å². The van der Waals surface area contributed by atoms with Gasteiger partial charge in [0.25, 0.3) is 0 Å². The molecule has 2 amide bonds. The second-order valence-corrected chi connectivity index (χ2v) is 5.73. The SMILES string of the molecule is COc1ccc(CCNC(=O)N[C@H](C)c2ccc(F)c(F)c2)cc1OC. The Kier molecular flexibility index (Phi) is 6.77. The second kappa shape index (κ2) is 9.03. The minimum atomic E-state index is -0.940. The summed E-state index contributed by atoms with van der Waals surface area (Å²) in [6.45, 7) is 2.10. The number of ether oxygens (including phenoxy) is 2. The van der Waals surface area contributed by atoms with Crippen molar-refractivity contribution in [1.82, 2.24) is 10.6 Å². The summed E-state index contributed by atoms with van der Waals surface area (Å²) in [6.07, 6.45) is 0.604. The van der Waals surface area contributed by atoms with Crippen LogP contribution in [0.4, 0.5) is 13.6 Å². The molecule has 2 rings (SSSR count). The summed E-state index contributed by atoms with van der Waals surface area (Å²) in [4.78, 5) is 12.0. The molecular weight excluding hydrogens is 342 g/mol. The van der Waals surface area contributed by atoms with Gasteiger partial charge < -0.3 is 20.1 Å². The highest BCUT2D eigenvalue weighted by atomic mass is 19.2. The van der Waals surface area contributed by atoms with Crippen molar-refractivity contribution in [3.05, 3.63) is 59.2 Å². The zero-order valence-corrected chi connectivity index (χ0v) is 14.9. The number of hydrogen-bond donors (Lipinski definition) is 2. The van der Waals surface area contributed by atoms with Crippen molar-refractivity contribution < 1.29 is 23.0 Å². The molecule has 7 heteroatoms. The normalized spacial score (nSPS) is 11.6. The van der Waals surface area contributed by atoms with Gasteiger partial charge in [-0.25, -0.2) is 13.6 Å². The van der Waals surface area contributed by atoms with E-state index in [4.69, 9.17) is 9.47 Å². The minimum absolute atomic E-state index is 0.386. The lowest BCUT2D eigenvalue weighted by Gasteiger charge is -2.15. The molecule has 2 N–H and O–H groups in total. The van der Waals surface area contributed by atoms with Gasteiger partial charge >= 0.3 is 6.03 Å². The van der Waals surface area contributed by atoms with E-state index >= 15 is 0 Å². The first kappa shape index (κ1) is 19.5. The summed E-state index contributed by atoms with van der Waals surface area (Å²) < 4.78 is 36.6. The fraction of sp³-hybridized carbons (Fsp3) is 0.316. The maximum atomic E-state index is 13.3. The Morgan fingerprint density at radius 3 is 2.42 bits per heavy atom. The van der Waals surface area contributed by atoms with Gasteiger partial charge in [0.15, 0.2) is 23.1 Å². The monoisotopic (exact) mass is 364 g/mol. The lowest BCUT2D eigenvalue weighted by Crippen LogP contribution is -2.38. The number of rotatable bonds is 7. The van der Waals surface area contributed by atoms with Crippen LogP contribution in [0.25, 0.3) is 0 Å². The molecule has 5 nitrogen and oxygen atoms in total. The number of carbonyl (C=O) groups excluding carboxylic acids is 1. The number of methoxy groups -OCH3 is 2. The summed E-state index contributed by atoms with van der Waals surface area (Å²) >= 11 is 0. The van der Waals surface area contributed by atoms with Gasteiger partial charge in [-0.15, -0.1) is 0 Å². The molecular formula is C19H22F2N2O3. The van der Waals surface area contributed by atoms with Crippen LogP contribution < -0.4 is 20.1 Å². The maximum Gasteiger partial charge on any atom is 0.315 e. The van der Waals surface area contributed by atoms with Crippen LogP contribution in [-0.4, -0.2) is 26.8 Å². The van der Waals surface area contributed by atoms with Crippen LogP contribution >= 0.6 is 0 Å². The van der Waals surface area contributed by atoms with E-state index in [-0.39, 0.29) is 6.03 Å². The molecule has 2 aromatic carbocycles. The number of carbonyl (C=O) groups is 1. The van der Waals surface area contributed by atoms with Crippen LogP contribution in [0.15, 0.2) is 36.4 Å². The first-order valence-corrected chi connectivity index (χ1v) is 8.14. The van der Waals surface area contributed by atoms with E-state index in [0.29, 0.717) is 30.0 Å². The van der Waals surface area contributed by atoms with E-state index < -0.39 is 17.7 Å². The third-order valence-electron chi connectivity index (χ3n) is 3.94. The van der Waals surface area contributed by atoms with E-state index in [0.717, 1.165) is 17.7 Å². The van der Waals surface area contributed by atoms with E-state index in [1.165, 1.54) is 6.07 Å². The molecule has 1 atom stereocenters. The van der Waals surface area contributed by atoms with E-state index in [9.17, 15) is 13.6 Å². The zero-order valence-electron chi connectivity index (χ0n) is 14.9. The van der Waals surface area contributed by atoms with E-state index in [1.807, 2.05) is 12.1 Å². The van der Waals surface area contributed by atoms with Crippen molar-refractivity contribution in [3.8, 4) is 11.5 Å². The van der Waals surface area contributed by atoms with Crippen molar-refractivity contribution in [3.63, 3.8) is 0 Å². The molecule has 0 aliphatic rings. The Morgan fingerprint density at radius 2 is 1.77 bits per heavy atom. The van der Waals surface area contributed by atoms with Crippen LogP contribution in [0.1, 0.15) is 24.1 Å².